The van der Waals surface area contributed by atoms with Crippen LogP contribution in [0.2, 0.25) is 10.0 Å². The summed E-state index contributed by atoms with van der Waals surface area (Å²) in [5, 5.41) is 5.01. The molecule has 0 aromatic heterocycles. The van der Waals surface area contributed by atoms with E-state index < -0.39 is 0 Å². The lowest BCUT2D eigenvalue weighted by Crippen LogP contribution is -2.53. The molecule has 0 saturated heterocycles. The molecule has 0 heterocycles. The minimum Gasteiger partial charge on any atom is -0.319 e. The van der Waals surface area contributed by atoms with Crippen LogP contribution >= 0.6 is 23.2 Å². The molecule has 19 heavy (non-hydrogen) atoms. The van der Waals surface area contributed by atoms with Crippen LogP contribution in [0.1, 0.15) is 44.1 Å². The van der Waals surface area contributed by atoms with Gasteiger partial charge in [0.15, 0.2) is 0 Å². The van der Waals surface area contributed by atoms with E-state index in [2.05, 4.69) is 5.32 Å². The van der Waals surface area contributed by atoms with Crippen molar-refractivity contribution in [2.45, 2.75) is 43.9 Å². The number of benzene rings is 1. The van der Waals surface area contributed by atoms with Gasteiger partial charge in [0.05, 0.1) is 0 Å². The molecule has 2 aliphatic rings. The normalized spacial score (nSPS) is 23.5. The Balaban J connectivity index is 1.94. The number of hydrogen-bond acceptors (Lipinski definition) is 1. The number of rotatable bonds is 3. The fraction of sp³-hybridized carbons (Fsp3) is 0.625. The zero-order valence-electron chi connectivity index (χ0n) is 11.4. The molecule has 2 saturated carbocycles. The lowest BCUT2D eigenvalue weighted by molar-refractivity contribution is 0.0284. The fourth-order valence-corrected chi connectivity index (χ4v) is 5.39. The first kappa shape index (κ1) is 13.7. The number of likely N-dealkylation sites (N-methyl/N-ethyl adjacent to an activating group) is 1. The molecule has 0 radical (unpaired) electrons. The van der Waals surface area contributed by atoms with E-state index in [0.29, 0.717) is 5.41 Å². The van der Waals surface area contributed by atoms with Crippen molar-refractivity contribution in [2.24, 2.45) is 5.41 Å². The van der Waals surface area contributed by atoms with Gasteiger partial charge in [-0.15, -0.1) is 0 Å². The topological polar surface area (TPSA) is 12.0 Å². The highest BCUT2D eigenvalue weighted by Gasteiger charge is 2.56. The van der Waals surface area contributed by atoms with E-state index in [0.717, 1.165) is 16.6 Å². The van der Waals surface area contributed by atoms with E-state index in [1.165, 1.54) is 44.1 Å². The van der Waals surface area contributed by atoms with Crippen LogP contribution in [0.4, 0.5) is 0 Å². The molecule has 1 nitrogen and oxygen atoms in total. The van der Waals surface area contributed by atoms with Gasteiger partial charge in [0, 0.05) is 22.0 Å². The fourth-order valence-electron chi connectivity index (χ4n) is 4.60. The molecule has 0 amide bonds. The third kappa shape index (κ3) is 2.20. The Hall–Kier alpha value is -0.240. The average Bonchev–Trinajstić information content (AvgIpc) is 2.77. The summed E-state index contributed by atoms with van der Waals surface area (Å²) in [6, 6.07) is 5.88. The van der Waals surface area contributed by atoms with E-state index in [-0.39, 0.29) is 5.41 Å². The first-order chi connectivity index (χ1) is 9.11. The molecule has 1 aromatic carbocycles. The van der Waals surface area contributed by atoms with Gasteiger partial charge in [-0.25, -0.2) is 0 Å². The molecule has 1 aromatic rings. The first-order valence-electron chi connectivity index (χ1n) is 7.20. The van der Waals surface area contributed by atoms with Crippen molar-refractivity contribution in [1.29, 1.82) is 0 Å². The maximum Gasteiger partial charge on any atom is 0.0459 e. The Kier molecular flexibility index (Phi) is 3.57. The Morgan fingerprint density at radius 3 is 2.21 bits per heavy atom. The van der Waals surface area contributed by atoms with Crippen molar-refractivity contribution < 1.29 is 0 Å². The van der Waals surface area contributed by atoms with Crippen LogP contribution < -0.4 is 5.32 Å². The smallest absolute Gasteiger partial charge is 0.0459 e. The molecule has 1 spiro atoms. The van der Waals surface area contributed by atoms with Crippen LogP contribution in [0, 0.1) is 5.41 Å². The summed E-state index contributed by atoms with van der Waals surface area (Å²) in [7, 11) is 2.02. The van der Waals surface area contributed by atoms with Gasteiger partial charge in [0.2, 0.25) is 0 Å². The largest absolute Gasteiger partial charge is 0.319 e. The van der Waals surface area contributed by atoms with E-state index in [9.17, 15) is 0 Å². The highest BCUT2D eigenvalue weighted by Crippen LogP contribution is 2.64. The second kappa shape index (κ2) is 4.95. The molecule has 2 aliphatic carbocycles. The molecule has 1 N–H and O–H groups in total. The van der Waals surface area contributed by atoms with Crippen LogP contribution in [0.15, 0.2) is 18.2 Å². The van der Waals surface area contributed by atoms with Gasteiger partial charge in [0.25, 0.3) is 0 Å². The summed E-state index contributed by atoms with van der Waals surface area (Å²) in [5.74, 6) is 0. The SMILES string of the molecule is CNCC1(c2c(Cl)cccc2Cl)CC2(CCCC2)C1. The molecule has 0 atom stereocenters. The Labute approximate surface area is 125 Å². The van der Waals surface area contributed by atoms with Crippen LogP contribution in [-0.2, 0) is 5.41 Å². The zero-order valence-corrected chi connectivity index (χ0v) is 12.9. The Morgan fingerprint density at radius 2 is 1.68 bits per heavy atom. The molecule has 0 unspecified atom stereocenters. The summed E-state index contributed by atoms with van der Waals surface area (Å²) in [6.45, 7) is 0.970. The maximum absolute atomic E-state index is 6.45. The first-order valence-corrected chi connectivity index (χ1v) is 7.96. The van der Waals surface area contributed by atoms with Crippen LogP contribution in [-0.4, -0.2) is 13.6 Å². The summed E-state index contributed by atoms with van der Waals surface area (Å²) >= 11 is 12.9. The van der Waals surface area contributed by atoms with Gasteiger partial charge in [-0.3, -0.25) is 0 Å². The molecule has 0 bridgehead atoms. The van der Waals surface area contributed by atoms with E-state index in [4.69, 9.17) is 23.2 Å². The Bertz CT molecular complexity index is 449. The minimum absolute atomic E-state index is 0.147. The third-order valence-electron chi connectivity index (χ3n) is 5.10. The van der Waals surface area contributed by atoms with Crippen LogP contribution in [0.25, 0.3) is 0 Å². The number of halogens is 2. The Morgan fingerprint density at radius 1 is 1.11 bits per heavy atom. The van der Waals surface area contributed by atoms with Crippen molar-refractivity contribution in [2.75, 3.05) is 13.6 Å². The van der Waals surface area contributed by atoms with E-state index >= 15 is 0 Å². The molecule has 0 aliphatic heterocycles. The van der Waals surface area contributed by atoms with Crippen molar-refractivity contribution in [3.63, 3.8) is 0 Å². The highest BCUT2D eigenvalue weighted by molar-refractivity contribution is 6.36. The second-order valence-electron chi connectivity index (χ2n) is 6.47. The predicted molar refractivity (Wildman–Crippen MR) is 82.2 cm³/mol. The molecule has 104 valence electrons. The van der Waals surface area contributed by atoms with Crippen molar-refractivity contribution in [1.82, 2.24) is 5.32 Å². The molecule has 2 fully saturated rings. The second-order valence-corrected chi connectivity index (χ2v) is 7.28. The van der Waals surface area contributed by atoms with Crippen molar-refractivity contribution >= 4 is 23.2 Å². The lowest BCUT2D eigenvalue weighted by atomic mass is 9.49. The monoisotopic (exact) mass is 297 g/mol. The van der Waals surface area contributed by atoms with Crippen LogP contribution in [0.5, 0.6) is 0 Å². The van der Waals surface area contributed by atoms with Crippen LogP contribution in [0.3, 0.4) is 0 Å². The predicted octanol–water partition coefficient (Wildman–Crippen LogP) is 4.80. The standard InChI is InChI=1S/C16H21Cl2N/c1-19-11-16(9-15(10-16)7-2-3-8-15)14-12(17)5-4-6-13(14)18/h4-6,19H,2-3,7-11H2,1H3. The van der Waals surface area contributed by atoms with E-state index in [1.807, 2.05) is 25.2 Å². The quantitative estimate of drug-likeness (QED) is 0.845. The van der Waals surface area contributed by atoms with Gasteiger partial charge in [0.1, 0.15) is 0 Å². The van der Waals surface area contributed by atoms with Gasteiger partial charge in [-0.05, 0) is 55.8 Å². The average molecular weight is 298 g/mol. The summed E-state index contributed by atoms with van der Waals surface area (Å²) in [6.07, 6.45) is 8.05. The van der Waals surface area contributed by atoms with Crippen molar-refractivity contribution in [3.05, 3.63) is 33.8 Å². The molecular formula is C16H21Cl2N. The maximum atomic E-state index is 6.45. The summed E-state index contributed by atoms with van der Waals surface area (Å²) < 4.78 is 0. The number of nitrogens with one attached hydrogen (secondary N) is 1. The van der Waals surface area contributed by atoms with Gasteiger partial charge >= 0.3 is 0 Å². The summed E-state index contributed by atoms with van der Waals surface area (Å²) in [5.41, 5.74) is 1.90. The van der Waals surface area contributed by atoms with Crippen molar-refractivity contribution in [3.8, 4) is 0 Å². The highest BCUT2D eigenvalue weighted by atomic mass is 35.5. The van der Waals surface area contributed by atoms with E-state index in [1.54, 1.807) is 0 Å². The number of hydrogen-bond donors (Lipinski definition) is 1. The summed E-state index contributed by atoms with van der Waals surface area (Å²) in [4.78, 5) is 0. The third-order valence-corrected chi connectivity index (χ3v) is 5.73. The van der Waals surface area contributed by atoms with Gasteiger partial charge < -0.3 is 5.32 Å². The molecule has 3 heteroatoms. The minimum atomic E-state index is 0.147. The lowest BCUT2D eigenvalue weighted by Gasteiger charge is -2.56. The van der Waals surface area contributed by atoms with Gasteiger partial charge in [-0.1, -0.05) is 42.1 Å². The van der Waals surface area contributed by atoms with Gasteiger partial charge in [-0.2, -0.15) is 0 Å². The zero-order chi connectivity index (χ0) is 13.5. The molecular weight excluding hydrogens is 277 g/mol. The molecule has 3 rings (SSSR count).